The van der Waals surface area contributed by atoms with Crippen molar-refractivity contribution in [3.05, 3.63) is 0 Å². The van der Waals surface area contributed by atoms with Crippen molar-refractivity contribution in [1.29, 1.82) is 0 Å². The first kappa shape index (κ1) is 6.44. The van der Waals surface area contributed by atoms with Crippen molar-refractivity contribution in [3.8, 4) is 0 Å². The summed E-state index contributed by atoms with van der Waals surface area (Å²) < 4.78 is 0. The largest absolute Gasteiger partial charge is 0.314 e. The van der Waals surface area contributed by atoms with Crippen LogP contribution in [0.3, 0.4) is 0 Å². The summed E-state index contributed by atoms with van der Waals surface area (Å²) in [5, 5.41) is 3.74. The van der Waals surface area contributed by atoms with E-state index in [0.29, 0.717) is 5.54 Å². The Balaban J connectivity index is 1.81. The van der Waals surface area contributed by atoms with E-state index >= 15 is 0 Å². The van der Waals surface area contributed by atoms with Gasteiger partial charge in [-0.15, -0.1) is 0 Å². The number of nitrogens with one attached hydrogen (secondary N) is 1. The zero-order valence-corrected chi connectivity index (χ0v) is 8.16. The van der Waals surface area contributed by atoms with Crippen molar-refractivity contribution in [2.24, 2.45) is 41.4 Å². The Kier molecular flexibility index (Phi) is 0.743. The fourth-order valence-electron chi connectivity index (χ4n) is 6.88. The Bertz CT molecular complexity index is 298. The van der Waals surface area contributed by atoms with E-state index in [1.165, 1.54) is 29.6 Å². The number of rotatable bonds is 1. The number of hydrogen-bond donors (Lipinski definition) is 1. The Morgan fingerprint density at radius 1 is 1.00 bits per heavy atom. The fraction of sp³-hybridized carbons (Fsp3) is 1.00. The van der Waals surface area contributed by atoms with Crippen molar-refractivity contribution in [1.82, 2.24) is 5.32 Å². The second-order valence-corrected chi connectivity index (χ2v) is 6.33. The van der Waals surface area contributed by atoms with Crippen LogP contribution in [0.2, 0.25) is 0 Å². The summed E-state index contributed by atoms with van der Waals surface area (Å²) in [7, 11) is 2.23. The van der Waals surface area contributed by atoms with Gasteiger partial charge in [-0.25, -0.2) is 0 Å². The van der Waals surface area contributed by atoms with E-state index in [-0.39, 0.29) is 0 Å². The molecule has 0 amide bonds. The fourth-order valence-corrected chi connectivity index (χ4v) is 6.88. The molecule has 5 fully saturated rings. The van der Waals surface area contributed by atoms with Gasteiger partial charge in [0.1, 0.15) is 0 Å². The molecule has 2 bridgehead atoms. The molecule has 0 saturated heterocycles. The van der Waals surface area contributed by atoms with Gasteiger partial charge in [0, 0.05) is 5.54 Å². The van der Waals surface area contributed by atoms with E-state index in [1.54, 1.807) is 19.3 Å². The molecule has 1 N–H and O–H groups in total. The third-order valence-corrected chi connectivity index (χ3v) is 6.87. The Hall–Kier alpha value is -0.0400. The molecule has 0 heterocycles. The molecule has 8 atom stereocenters. The minimum Gasteiger partial charge on any atom is -0.314 e. The van der Waals surface area contributed by atoms with Crippen molar-refractivity contribution >= 4 is 0 Å². The summed E-state index contributed by atoms with van der Waals surface area (Å²) in [5.74, 6) is 8.19. The molecular weight excluding hydrogens is 158 g/mol. The SMILES string of the molecule is CNC12CC3C4CC1C1CC2C3C41. The van der Waals surface area contributed by atoms with Crippen LogP contribution in [-0.4, -0.2) is 12.6 Å². The van der Waals surface area contributed by atoms with Gasteiger partial charge in [-0.2, -0.15) is 0 Å². The minimum absolute atomic E-state index is 0.656. The second-order valence-electron chi connectivity index (χ2n) is 6.33. The molecule has 13 heavy (non-hydrogen) atoms. The molecule has 0 aromatic rings. The lowest BCUT2D eigenvalue weighted by Crippen LogP contribution is -2.50. The van der Waals surface area contributed by atoms with Crippen LogP contribution in [0.5, 0.6) is 0 Å². The molecule has 0 aromatic heterocycles. The van der Waals surface area contributed by atoms with Crippen LogP contribution in [0.25, 0.3) is 0 Å². The van der Waals surface area contributed by atoms with Gasteiger partial charge in [0.15, 0.2) is 0 Å². The van der Waals surface area contributed by atoms with Gasteiger partial charge in [-0.3, -0.25) is 0 Å². The zero-order valence-electron chi connectivity index (χ0n) is 8.16. The molecule has 0 aromatic carbocycles. The molecule has 70 valence electrons. The van der Waals surface area contributed by atoms with Gasteiger partial charge >= 0.3 is 0 Å². The van der Waals surface area contributed by atoms with E-state index in [1.807, 2.05) is 0 Å². The normalized spacial score (nSPS) is 79.6. The second kappa shape index (κ2) is 1.50. The van der Waals surface area contributed by atoms with E-state index < -0.39 is 0 Å². The summed E-state index contributed by atoms with van der Waals surface area (Å²) in [4.78, 5) is 0. The highest BCUT2D eigenvalue weighted by molar-refractivity contribution is 5.33. The van der Waals surface area contributed by atoms with Gasteiger partial charge in [-0.1, -0.05) is 0 Å². The highest BCUT2D eigenvalue weighted by atomic mass is 15.1. The molecule has 1 heteroatoms. The standard InChI is InChI=1S/C12H17N/c1-13-12-4-7-5-2-8(12)6-3-9(12)11(7)10(5)6/h5-11,13H,2-4H2,1H3. The molecule has 0 spiro atoms. The summed E-state index contributed by atoms with van der Waals surface area (Å²) >= 11 is 0. The van der Waals surface area contributed by atoms with Gasteiger partial charge < -0.3 is 5.32 Å². The summed E-state index contributed by atoms with van der Waals surface area (Å²) in [6.45, 7) is 0. The topological polar surface area (TPSA) is 12.0 Å². The minimum atomic E-state index is 0.656. The van der Waals surface area contributed by atoms with Crippen LogP contribution in [0.15, 0.2) is 0 Å². The molecule has 5 rings (SSSR count). The van der Waals surface area contributed by atoms with Crippen molar-refractivity contribution in [2.45, 2.75) is 24.8 Å². The van der Waals surface area contributed by atoms with Crippen LogP contribution >= 0.6 is 0 Å². The molecule has 5 saturated carbocycles. The number of fused-ring (bicyclic) bond motifs is 2. The van der Waals surface area contributed by atoms with Crippen molar-refractivity contribution in [2.75, 3.05) is 7.05 Å². The van der Waals surface area contributed by atoms with Gasteiger partial charge in [0.05, 0.1) is 0 Å². The van der Waals surface area contributed by atoms with Crippen molar-refractivity contribution in [3.63, 3.8) is 0 Å². The lowest BCUT2D eigenvalue weighted by molar-refractivity contribution is 0.0249. The monoisotopic (exact) mass is 175 g/mol. The quantitative estimate of drug-likeness (QED) is 0.637. The third-order valence-electron chi connectivity index (χ3n) is 6.87. The van der Waals surface area contributed by atoms with Gasteiger partial charge in [0.25, 0.3) is 0 Å². The molecular formula is C12H17N. The average molecular weight is 175 g/mol. The molecule has 1 nitrogen and oxygen atoms in total. The maximum absolute atomic E-state index is 3.74. The Labute approximate surface area is 79.3 Å². The average Bonchev–Trinajstić information content (AvgIpc) is 2.63. The molecule has 5 aliphatic carbocycles. The predicted molar refractivity (Wildman–Crippen MR) is 50.1 cm³/mol. The van der Waals surface area contributed by atoms with E-state index in [4.69, 9.17) is 0 Å². The van der Waals surface area contributed by atoms with Crippen LogP contribution in [0.4, 0.5) is 0 Å². The summed E-state index contributed by atoms with van der Waals surface area (Å²) in [6, 6.07) is 0. The third kappa shape index (κ3) is 0.379. The van der Waals surface area contributed by atoms with Crippen LogP contribution in [-0.2, 0) is 0 Å². The Morgan fingerprint density at radius 3 is 2.69 bits per heavy atom. The zero-order chi connectivity index (χ0) is 8.37. The molecule has 5 aliphatic rings. The molecule has 8 unspecified atom stereocenters. The highest BCUT2D eigenvalue weighted by Crippen LogP contribution is 2.83. The van der Waals surface area contributed by atoms with E-state index in [2.05, 4.69) is 12.4 Å². The van der Waals surface area contributed by atoms with Crippen LogP contribution in [0.1, 0.15) is 19.3 Å². The van der Waals surface area contributed by atoms with E-state index in [9.17, 15) is 0 Å². The van der Waals surface area contributed by atoms with Gasteiger partial charge in [-0.05, 0) is 67.7 Å². The highest BCUT2D eigenvalue weighted by Gasteiger charge is 2.82. The van der Waals surface area contributed by atoms with Crippen molar-refractivity contribution < 1.29 is 0 Å². The first-order chi connectivity index (χ1) is 6.37. The maximum Gasteiger partial charge on any atom is 0.0243 e. The maximum atomic E-state index is 3.74. The number of hydrogen-bond acceptors (Lipinski definition) is 1. The van der Waals surface area contributed by atoms with Gasteiger partial charge in [0.2, 0.25) is 0 Å². The lowest BCUT2D eigenvalue weighted by Gasteiger charge is -2.45. The predicted octanol–water partition coefficient (Wildman–Crippen LogP) is 1.50. The molecule has 0 radical (unpaired) electrons. The first-order valence-electron chi connectivity index (χ1n) is 6.06. The first-order valence-corrected chi connectivity index (χ1v) is 6.06. The Morgan fingerprint density at radius 2 is 1.85 bits per heavy atom. The lowest BCUT2D eigenvalue weighted by atomic mass is 9.60. The van der Waals surface area contributed by atoms with Crippen LogP contribution < -0.4 is 5.32 Å². The van der Waals surface area contributed by atoms with Crippen LogP contribution in [0, 0.1) is 41.4 Å². The smallest absolute Gasteiger partial charge is 0.0243 e. The van der Waals surface area contributed by atoms with E-state index in [0.717, 1.165) is 11.8 Å². The summed E-state index contributed by atoms with van der Waals surface area (Å²) in [6.07, 6.45) is 4.77. The molecule has 0 aliphatic heterocycles. The summed E-state index contributed by atoms with van der Waals surface area (Å²) in [5.41, 5.74) is 0.656.